The molecule has 0 aliphatic rings. The van der Waals surface area contributed by atoms with E-state index in [0.717, 1.165) is 6.07 Å². The Morgan fingerprint density at radius 3 is 2.69 bits per heavy atom. The number of aliphatic hydroxyl groups is 1. The minimum absolute atomic E-state index is 0.0117. The van der Waals surface area contributed by atoms with E-state index in [9.17, 15) is 13.2 Å². The minimum atomic E-state index is -4.04. The lowest BCUT2D eigenvalue weighted by Crippen LogP contribution is -2.15. The molecule has 0 radical (unpaired) electrons. The van der Waals surface area contributed by atoms with Gasteiger partial charge in [0.15, 0.2) is 9.84 Å². The molecule has 1 aromatic carbocycles. The Morgan fingerprint density at radius 1 is 1.56 bits per heavy atom. The predicted molar refractivity (Wildman–Crippen MR) is 58.8 cm³/mol. The van der Waals surface area contributed by atoms with Gasteiger partial charge in [-0.25, -0.2) is 8.42 Å². The van der Waals surface area contributed by atoms with E-state index in [4.69, 9.17) is 13.6 Å². The standard InChI is InChI=1S/C10H13NO4S/c1-7-2-3-8(10(11)13)6-9(7)16(14,15)5-4-12/h2-3,6,12H,4-5H2,1H3,(H2,11,13)/i4D2. The van der Waals surface area contributed by atoms with E-state index in [0.29, 0.717) is 5.56 Å². The van der Waals surface area contributed by atoms with Crippen LogP contribution < -0.4 is 5.73 Å². The molecule has 88 valence electrons. The van der Waals surface area contributed by atoms with Gasteiger partial charge in [0.2, 0.25) is 5.91 Å². The molecule has 0 aliphatic heterocycles. The fourth-order valence-electron chi connectivity index (χ4n) is 1.25. The van der Waals surface area contributed by atoms with Crippen molar-refractivity contribution >= 4 is 15.7 Å². The van der Waals surface area contributed by atoms with Crippen molar-refractivity contribution in [2.75, 3.05) is 12.3 Å². The number of hydrogen-bond donors (Lipinski definition) is 2. The van der Waals surface area contributed by atoms with Crippen molar-refractivity contribution < 1.29 is 21.1 Å². The van der Waals surface area contributed by atoms with Gasteiger partial charge in [0.05, 0.1) is 19.9 Å². The maximum Gasteiger partial charge on any atom is 0.248 e. The minimum Gasteiger partial charge on any atom is -0.395 e. The van der Waals surface area contributed by atoms with Crippen LogP contribution in [0.3, 0.4) is 0 Å². The zero-order valence-electron chi connectivity index (χ0n) is 10.6. The van der Waals surface area contributed by atoms with Crippen LogP contribution in [0.25, 0.3) is 0 Å². The average molecular weight is 245 g/mol. The van der Waals surface area contributed by atoms with Crippen LogP contribution in [0.4, 0.5) is 0 Å². The molecule has 0 aromatic heterocycles. The molecule has 0 fully saturated rings. The second kappa shape index (κ2) is 4.63. The van der Waals surface area contributed by atoms with E-state index in [1.807, 2.05) is 0 Å². The van der Waals surface area contributed by atoms with Crippen molar-refractivity contribution in [3.05, 3.63) is 29.3 Å². The molecule has 0 aliphatic carbocycles. The maximum absolute atomic E-state index is 11.9. The van der Waals surface area contributed by atoms with Gasteiger partial charge in [0.25, 0.3) is 0 Å². The van der Waals surface area contributed by atoms with Gasteiger partial charge in [-0.3, -0.25) is 4.79 Å². The summed E-state index contributed by atoms with van der Waals surface area (Å²) >= 11 is 0. The maximum atomic E-state index is 11.9. The third-order valence-electron chi connectivity index (χ3n) is 2.06. The van der Waals surface area contributed by atoms with Gasteiger partial charge in [0, 0.05) is 5.56 Å². The van der Waals surface area contributed by atoms with Crippen molar-refractivity contribution in [3.63, 3.8) is 0 Å². The third-order valence-corrected chi connectivity index (χ3v) is 3.68. The number of nitrogens with two attached hydrogens (primary N) is 1. The predicted octanol–water partition coefficient (Wildman–Crippen LogP) is -0.140. The van der Waals surface area contributed by atoms with Crippen LogP contribution in [0.5, 0.6) is 0 Å². The van der Waals surface area contributed by atoms with E-state index < -0.39 is 28.1 Å². The van der Waals surface area contributed by atoms with Crippen LogP contribution in [0.1, 0.15) is 18.7 Å². The summed E-state index contributed by atoms with van der Waals surface area (Å²) in [5, 5.41) is 8.95. The number of carbonyl (C=O) groups excluding carboxylic acids is 1. The third kappa shape index (κ3) is 2.59. The smallest absolute Gasteiger partial charge is 0.248 e. The fraction of sp³-hybridized carbons (Fsp3) is 0.300. The van der Waals surface area contributed by atoms with Gasteiger partial charge < -0.3 is 10.8 Å². The molecule has 16 heavy (non-hydrogen) atoms. The molecular formula is C10H13NO4S. The highest BCUT2D eigenvalue weighted by Gasteiger charge is 2.17. The summed E-state index contributed by atoms with van der Waals surface area (Å²) < 4.78 is 37.6. The Bertz CT molecular complexity index is 578. The first-order valence-corrected chi connectivity index (χ1v) is 6.04. The van der Waals surface area contributed by atoms with E-state index in [1.54, 1.807) is 0 Å². The number of sulfone groups is 1. The quantitative estimate of drug-likeness (QED) is 0.771. The van der Waals surface area contributed by atoms with Crippen LogP contribution in [-0.4, -0.2) is 31.7 Å². The van der Waals surface area contributed by atoms with Crippen molar-refractivity contribution in [2.24, 2.45) is 5.73 Å². The Hall–Kier alpha value is -1.40. The number of amides is 1. The van der Waals surface area contributed by atoms with Crippen LogP contribution in [0, 0.1) is 6.92 Å². The lowest BCUT2D eigenvalue weighted by Gasteiger charge is -2.07. The van der Waals surface area contributed by atoms with Crippen molar-refractivity contribution in [2.45, 2.75) is 11.8 Å². The van der Waals surface area contributed by atoms with Gasteiger partial charge >= 0.3 is 0 Å². The summed E-state index contributed by atoms with van der Waals surface area (Å²) in [4.78, 5) is 10.8. The number of primary amides is 1. The molecule has 1 rings (SSSR count). The van der Waals surface area contributed by atoms with E-state index in [1.165, 1.54) is 19.1 Å². The van der Waals surface area contributed by atoms with Gasteiger partial charge in [-0.15, -0.1) is 0 Å². The molecule has 1 amide bonds. The molecule has 0 spiro atoms. The lowest BCUT2D eigenvalue weighted by atomic mass is 10.1. The Kier molecular flexibility index (Phi) is 2.83. The van der Waals surface area contributed by atoms with Gasteiger partial charge in [0.1, 0.15) is 0 Å². The van der Waals surface area contributed by atoms with Crippen molar-refractivity contribution in [1.29, 1.82) is 0 Å². The zero-order chi connectivity index (χ0) is 14.1. The number of carbonyl (C=O) groups is 1. The lowest BCUT2D eigenvalue weighted by molar-refractivity contribution is 0.1000. The van der Waals surface area contributed by atoms with Crippen molar-refractivity contribution in [3.8, 4) is 0 Å². The molecule has 0 saturated carbocycles. The summed E-state index contributed by atoms with van der Waals surface area (Å²) in [5.74, 6) is -1.86. The normalized spacial score (nSPS) is 14.1. The number of rotatable bonds is 4. The first-order chi connectivity index (χ1) is 8.03. The molecule has 0 saturated heterocycles. The summed E-state index contributed by atoms with van der Waals surface area (Å²) in [6.45, 7) is -1.33. The van der Waals surface area contributed by atoms with E-state index in [-0.39, 0.29) is 10.5 Å². The van der Waals surface area contributed by atoms with Crippen LogP contribution in [-0.2, 0) is 9.84 Å². The summed E-state index contributed by atoms with van der Waals surface area (Å²) in [7, 11) is -4.04. The molecule has 3 N–H and O–H groups in total. The Labute approximate surface area is 96.6 Å². The van der Waals surface area contributed by atoms with E-state index in [2.05, 4.69) is 0 Å². The largest absolute Gasteiger partial charge is 0.395 e. The molecule has 0 heterocycles. The Morgan fingerprint density at radius 2 is 2.19 bits per heavy atom. The molecule has 0 bridgehead atoms. The zero-order valence-corrected chi connectivity index (χ0v) is 9.41. The molecule has 1 aromatic rings. The SMILES string of the molecule is [2H]C([2H])(O)CS(=O)(=O)c1cc(C(N)=O)ccc1C. The van der Waals surface area contributed by atoms with Gasteiger partial charge in [-0.05, 0) is 24.6 Å². The summed E-state index contributed by atoms with van der Waals surface area (Å²) in [6, 6.07) is 3.86. The van der Waals surface area contributed by atoms with Gasteiger partial charge in [-0.2, -0.15) is 0 Å². The number of benzene rings is 1. The number of aryl methyl sites for hydroxylation is 1. The molecule has 0 atom stereocenters. The van der Waals surface area contributed by atoms with Crippen LogP contribution in [0.15, 0.2) is 23.1 Å². The van der Waals surface area contributed by atoms with Crippen LogP contribution in [0.2, 0.25) is 0 Å². The van der Waals surface area contributed by atoms with Gasteiger partial charge in [-0.1, -0.05) is 6.07 Å². The second-order valence-corrected chi connectivity index (χ2v) is 5.22. The topological polar surface area (TPSA) is 97.5 Å². The highest BCUT2D eigenvalue weighted by molar-refractivity contribution is 7.91. The molecule has 5 nitrogen and oxygen atoms in total. The highest BCUT2D eigenvalue weighted by atomic mass is 32.2. The summed E-state index contributed by atoms with van der Waals surface area (Å²) in [5.41, 5.74) is 5.41. The summed E-state index contributed by atoms with van der Waals surface area (Å²) in [6.07, 6.45) is 0. The Balaban J connectivity index is 3.32. The molecule has 0 unspecified atom stereocenters. The molecular weight excluding hydrogens is 230 g/mol. The van der Waals surface area contributed by atoms with Crippen molar-refractivity contribution in [1.82, 2.24) is 0 Å². The monoisotopic (exact) mass is 245 g/mol. The highest BCUT2D eigenvalue weighted by Crippen LogP contribution is 2.18. The fourth-order valence-corrected chi connectivity index (χ4v) is 2.44. The average Bonchev–Trinajstić information content (AvgIpc) is 2.13. The van der Waals surface area contributed by atoms with Crippen LogP contribution >= 0.6 is 0 Å². The van der Waals surface area contributed by atoms with E-state index >= 15 is 0 Å². The first kappa shape index (κ1) is 9.80. The molecule has 6 heteroatoms. The number of hydrogen-bond acceptors (Lipinski definition) is 4. The second-order valence-electron chi connectivity index (χ2n) is 3.26. The first-order valence-electron chi connectivity index (χ1n) is 5.38.